The maximum Gasteiger partial charge on any atom is 0.306 e. The number of carbonyl (C=O) groups excluding carboxylic acids is 13. The number of hydrogen-bond acceptors (Lipinski definition) is 30. The normalized spacial score (nSPS) is 9.67. The first-order valence-electron chi connectivity index (χ1n) is 31.4. The van der Waals surface area contributed by atoms with Crippen molar-refractivity contribution >= 4 is 81.0 Å². The molecule has 0 atom stereocenters. The van der Waals surface area contributed by atoms with E-state index in [1.807, 2.05) is 13.8 Å². The fourth-order valence-corrected chi connectivity index (χ4v) is 6.79. The fraction of sp³-hybridized carbons (Fsp3) is 0.329. The van der Waals surface area contributed by atoms with Crippen LogP contribution in [0.2, 0.25) is 0 Å². The molecule has 9 aromatic heterocycles. The SMILES string of the molecule is CC(=O)OCc1ccc(C=O)o1.CCC(=O)OCc1ccc(C=O)o1.CCCC(=O)OCc1ccc(C=O)o1.CCCCOCc1ccc(C=O)o1.CCCOCc1ccc(C=O)o1.COCc1ccc(C=O)o1.COCc1ccc(C=O)o1.Cc1ccc(C=O)o1.O=COCc1ccc(C=O)o1. The molecule has 0 aliphatic heterocycles. The van der Waals surface area contributed by atoms with Crippen LogP contribution in [0.4, 0.5) is 0 Å². The number of furan rings is 9. The number of aldehydes is 9. The Morgan fingerprint density at radius 3 is 0.874 bits per heavy atom. The zero-order chi connectivity index (χ0) is 76.3. The second-order valence-electron chi connectivity index (χ2n) is 19.9. The molecule has 30 nitrogen and oxygen atoms in total. The van der Waals surface area contributed by atoms with Gasteiger partial charge in [-0.25, -0.2) is 0 Å². The second kappa shape index (κ2) is 57.1. The van der Waals surface area contributed by atoms with Gasteiger partial charge in [-0.15, -0.1) is 0 Å². The van der Waals surface area contributed by atoms with Crippen molar-refractivity contribution in [2.45, 2.75) is 133 Å². The van der Waals surface area contributed by atoms with E-state index in [4.69, 9.17) is 68.2 Å². The quantitative estimate of drug-likeness (QED) is 0.0156. The van der Waals surface area contributed by atoms with Crippen molar-refractivity contribution in [3.63, 3.8) is 0 Å². The van der Waals surface area contributed by atoms with Crippen molar-refractivity contribution < 1.29 is 140 Å². The van der Waals surface area contributed by atoms with Crippen LogP contribution in [0, 0.1) is 6.92 Å². The second-order valence-corrected chi connectivity index (χ2v) is 19.9. The van der Waals surface area contributed by atoms with E-state index in [1.54, 1.807) is 113 Å². The maximum atomic E-state index is 11.0. The number of unbranched alkanes of at least 4 members (excludes halogenated alkanes) is 1. The summed E-state index contributed by atoms with van der Waals surface area (Å²) < 4.78 is 83.6. The lowest BCUT2D eigenvalue weighted by Crippen LogP contribution is -2.02. The number of methoxy groups -OCH3 is 2. The molecule has 0 saturated heterocycles. The predicted molar refractivity (Wildman–Crippen MR) is 359 cm³/mol. The molecule has 9 heterocycles. The summed E-state index contributed by atoms with van der Waals surface area (Å²) in [4.78, 5) is 133. The summed E-state index contributed by atoms with van der Waals surface area (Å²) >= 11 is 0. The van der Waals surface area contributed by atoms with Crippen molar-refractivity contribution in [3.05, 3.63) is 213 Å². The molecule has 30 heteroatoms. The summed E-state index contributed by atoms with van der Waals surface area (Å²) in [7, 11) is 3.15. The number of ether oxygens (including phenoxy) is 8. The molecule has 0 unspecified atom stereocenters. The van der Waals surface area contributed by atoms with Gasteiger partial charge in [0.05, 0.1) is 0 Å². The van der Waals surface area contributed by atoms with Crippen molar-refractivity contribution in [2.24, 2.45) is 0 Å². The van der Waals surface area contributed by atoms with Crippen molar-refractivity contribution in [3.8, 4) is 0 Å². The molecule has 9 rings (SSSR count). The van der Waals surface area contributed by atoms with E-state index in [-0.39, 0.29) is 67.4 Å². The van der Waals surface area contributed by atoms with Gasteiger partial charge in [0.25, 0.3) is 6.47 Å². The van der Waals surface area contributed by atoms with Crippen LogP contribution < -0.4 is 0 Å². The highest BCUT2D eigenvalue weighted by molar-refractivity contribution is 5.74. The third-order valence-electron chi connectivity index (χ3n) is 11.5. The minimum Gasteiger partial charge on any atom is -0.460 e. The molecule has 0 N–H and O–H groups in total. The van der Waals surface area contributed by atoms with Crippen LogP contribution >= 0.6 is 0 Å². The number of rotatable bonds is 34. The van der Waals surface area contributed by atoms with Crippen LogP contribution in [0.1, 0.15) is 220 Å². The first-order valence-corrected chi connectivity index (χ1v) is 31.4. The number of aryl methyl sites for hydroxylation is 1. The van der Waals surface area contributed by atoms with E-state index in [2.05, 4.69) is 16.4 Å². The zero-order valence-corrected chi connectivity index (χ0v) is 58.2. The molecule has 0 spiro atoms. The first-order chi connectivity index (χ1) is 49.9. The third kappa shape index (κ3) is 42.7. The van der Waals surface area contributed by atoms with Gasteiger partial charge in [0, 0.05) is 47.2 Å². The van der Waals surface area contributed by atoms with E-state index >= 15 is 0 Å². The van der Waals surface area contributed by atoms with Gasteiger partial charge in [0.2, 0.25) is 0 Å². The number of esters is 3. The summed E-state index contributed by atoms with van der Waals surface area (Å²) in [5.41, 5.74) is 0. The predicted octanol–water partition coefficient (Wildman–Crippen LogP) is 13.7. The minimum absolute atomic E-state index is 0.0668. The zero-order valence-electron chi connectivity index (χ0n) is 58.2. The van der Waals surface area contributed by atoms with Crippen molar-refractivity contribution in [1.82, 2.24) is 0 Å². The average Bonchev–Trinajstić information content (AvgIpc) is 1.92. The lowest BCUT2D eigenvalue weighted by molar-refractivity contribution is -0.146. The van der Waals surface area contributed by atoms with Gasteiger partial charge in [-0.1, -0.05) is 34.1 Å². The number of hydrogen-bond donors (Lipinski definition) is 0. The van der Waals surface area contributed by atoms with Crippen LogP contribution in [0.3, 0.4) is 0 Å². The molecule has 103 heavy (non-hydrogen) atoms. The Morgan fingerprint density at radius 2 is 0.621 bits per heavy atom. The highest BCUT2D eigenvalue weighted by Crippen LogP contribution is 2.13. The maximum absolute atomic E-state index is 11.0. The Kier molecular flexibility index (Phi) is 49.5. The molecule has 0 radical (unpaired) electrons. The van der Waals surface area contributed by atoms with E-state index in [0.717, 1.165) is 44.7 Å². The van der Waals surface area contributed by atoms with Crippen LogP contribution in [-0.2, 0) is 110 Å². The molecule has 0 aliphatic carbocycles. The van der Waals surface area contributed by atoms with Crippen LogP contribution in [0.25, 0.3) is 0 Å². The topological polar surface area (TPSA) is 414 Å². The Hall–Kier alpha value is -11.7. The van der Waals surface area contributed by atoms with E-state index in [0.29, 0.717) is 177 Å². The van der Waals surface area contributed by atoms with Gasteiger partial charge in [-0.2, -0.15) is 0 Å². The Balaban J connectivity index is 0.000000581. The number of carbonyl (C=O) groups is 13. The van der Waals surface area contributed by atoms with Crippen LogP contribution in [-0.4, -0.2) is 108 Å². The van der Waals surface area contributed by atoms with Gasteiger partial charge in [-0.3, -0.25) is 62.3 Å². The van der Waals surface area contributed by atoms with Crippen molar-refractivity contribution in [1.29, 1.82) is 0 Å². The van der Waals surface area contributed by atoms with Gasteiger partial charge in [0.15, 0.2) is 108 Å². The highest BCUT2D eigenvalue weighted by atomic mass is 16.6. The van der Waals surface area contributed by atoms with Gasteiger partial charge in [0.1, 0.15) is 105 Å². The summed E-state index contributed by atoms with van der Waals surface area (Å²) in [6, 6.07) is 29.3. The largest absolute Gasteiger partial charge is 0.460 e. The fourth-order valence-electron chi connectivity index (χ4n) is 6.79. The molecule has 0 bridgehead atoms. The summed E-state index contributed by atoms with van der Waals surface area (Å²) in [6.45, 7) is 14.7. The minimum atomic E-state index is -0.376. The molecule has 0 fully saturated rings. The summed E-state index contributed by atoms with van der Waals surface area (Å²) in [5, 5.41) is 0. The molecular formula is C73H84O30. The molecule has 0 saturated carbocycles. The lowest BCUT2D eigenvalue weighted by Gasteiger charge is -2.00. The Bertz CT molecular complexity index is 3760. The summed E-state index contributed by atoms with van der Waals surface area (Å²) in [6.07, 6.45) is 10.5. The average molecular weight is 1440 g/mol. The lowest BCUT2D eigenvalue weighted by atomic mass is 10.3. The van der Waals surface area contributed by atoms with Crippen molar-refractivity contribution in [2.75, 3.05) is 27.4 Å². The molecule has 0 aliphatic rings. The van der Waals surface area contributed by atoms with E-state index < -0.39 is 0 Å². The van der Waals surface area contributed by atoms with Crippen LogP contribution in [0.15, 0.2) is 149 Å². The van der Waals surface area contributed by atoms with Gasteiger partial charge >= 0.3 is 17.9 Å². The van der Waals surface area contributed by atoms with Gasteiger partial charge in [-0.05, 0) is 135 Å². The Morgan fingerprint density at radius 1 is 0.330 bits per heavy atom. The Labute approximate surface area is 592 Å². The van der Waals surface area contributed by atoms with Crippen LogP contribution in [0.5, 0.6) is 0 Å². The summed E-state index contributed by atoms with van der Waals surface area (Å²) in [5.74, 6) is 7.21. The molecular weight excluding hydrogens is 1360 g/mol. The van der Waals surface area contributed by atoms with E-state index in [1.165, 1.54) is 31.2 Å². The highest BCUT2D eigenvalue weighted by Gasteiger charge is 2.08. The molecule has 0 aromatic carbocycles. The first kappa shape index (κ1) is 89.3. The third-order valence-corrected chi connectivity index (χ3v) is 11.5. The molecule has 556 valence electrons. The molecule has 0 amide bonds. The van der Waals surface area contributed by atoms with Gasteiger partial charge < -0.3 is 77.6 Å². The smallest absolute Gasteiger partial charge is 0.306 e. The standard InChI is InChI=1S/C10H12O4.C10H14O3.C9H10O4.C9H12O3.C8H8O4.C7H6O4.2C7H8O3.C6H6O2/c1-2-3-10(12)13-7-9-5-4-8(6-11)14-9;1-2-3-6-12-8-10-5-4-9(7-11)13-10;1-2-9(11)12-6-8-4-3-7(5-10)13-8;1-2-5-11-7-9-4-3-8(6-10)12-9;1-6(10)11-5-8-3-2-7(4-9)12-8;8-3-6-1-2-7(11-6)4-10-5-9;2*1-9-5-7-3-2-6(4-8)10-7;1-5-2-3-6(4-7)8-5/h4-6H,2-3,7H2,1H3;4-5,7H,2-3,6,8H2,1H3;3-5H,2,6H2,1H3;3-4,6H,2,5,7H2,1H3;2-4H,5H2,1H3;1-3,5H,4H2;2*2-4H,5H2,1H3;2-4H,1H3. The monoisotopic (exact) mass is 1440 g/mol. The molecule has 9 aromatic rings. The van der Waals surface area contributed by atoms with E-state index in [9.17, 15) is 62.3 Å².